The summed E-state index contributed by atoms with van der Waals surface area (Å²) in [6.45, 7) is 8.59. The zero-order chi connectivity index (χ0) is 16.4. The number of hydrogen-bond donors (Lipinski definition) is 1. The minimum Gasteiger partial charge on any atom is -0.365 e. The molecule has 126 valence electrons. The number of hydrogen-bond acceptors (Lipinski definition) is 3. The molecule has 0 aromatic carbocycles. The van der Waals surface area contributed by atoms with E-state index in [9.17, 15) is 9.59 Å². The first-order chi connectivity index (χ1) is 11.1. The topological polar surface area (TPSA) is 59.7 Å². The SMILES string of the molecule is Cc1[nH]ccc1C(=O)N1CCN(C(C)C(=O)N2CCCC2)CC1. The lowest BCUT2D eigenvalue weighted by Crippen LogP contribution is -2.55. The van der Waals surface area contributed by atoms with Crippen LogP contribution in [0.25, 0.3) is 0 Å². The monoisotopic (exact) mass is 318 g/mol. The van der Waals surface area contributed by atoms with Gasteiger partial charge in [0.1, 0.15) is 0 Å². The largest absolute Gasteiger partial charge is 0.365 e. The van der Waals surface area contributed by atoms with Crippen molar-refractivity contribution in [2.45, 2.75) is 32.7 Å². The number of aryl methyl sites for hydroxylation is 1. The molecule has 1 aromatic heterocycles. The van der Waals surface area contributed by atoms with E-state index in [0.29, 0.717) is 13.1 Å². The van der Waals surface area contributed by atoms with Crippen molar-refractivity contribution < 1.29 is 9.59 Å². The van der Waals surface area contributed by atoms with Gasteiger partial charge in [-0.1, -0.05) is 0 Å². The van der Waals surface area contributed by atoms with Crippen LogP contribution >= 0.6 is 0 Å². The lowest BCUT2D eigenvalue weighted by atomic mass is 10.1. The van der Waals surface area contributed by atoms with E-state index in [0.717, 1.165) is 50.3 Å². The second kappa shape index (κ2) is 6.74. The predicted molar refractivity (Wildman–Crippen MR) is 88.3 cm³/mol. The summed E-state index contributed by atoms with van der Waals surface area (Å²) in [6, 6.07) is 1.75. The Morgan fingerprint density at radius 1 is 1.04 bits per heavy atom. The van der Waals surface area contributed by atoms with E-state index in [1.807, 2.05) is 29.7 Å². The first kappa shape index (κ1) is 16.1. The van der Waals surface area contributed by atoms with Crippen molar-refractivity contribution in [3.8, 4) is 0 Å². The van der Waals surface area contributed by atoms with Crippen molar-refractivity contribution in [3.63, 3.8) is 0 Å². The molecule has 1 N–H and O–H groups in total. The normalized spacial score (nSPS) is 20.8. The number of nitrogens with one attached hydrogen (secondary N) is 1. The van der Waals surface area contributed by atoms with E-state index in [1.165, 1.54) is 0 Å². The molecule has 2 fully saturated rings. The zero-order valence-corrected chi connectivity index (χ0v) is 14.0. The highest BCUT2D eigenvalue weighted by Crippen LogP contribution is 2.16. The molecule has 3 heterocycles. The zero-order valence-electron chi connectivity index (χ0n) is 14.0. The molecule has 2 saturated heterocycles. The molecule has 1 unspecified atom stereocenters. The van der Waals surface area contributed by atoms with Gasteiger partial charge < -0.3 is 14.8 Å². The first-order valence-electron chi connectivity index (χ1n) is 8.54. The highest BCUT2D eigenvalue weighted by molar-refractivity contribution is 5.95. The van der Waals surface area contributed by atoms with Gasteiger partial charge >= 0.3 is 0 Å². The third-order valence-corrected chi connectivity index (χ3v) is 5.11. The lowest BCUT2D eigenvalue weighted by Gasteiger charge is -2.38. The average molecular weight is 318 g/mol. The number of nitrogens with zero attached hydrogens (tertiary/aromatic N) is 3. The summed E-state index contributed by atoms with van der Waals surface area (Å²) in [4.78, 5) is 34.1. The highest BCUT2D eigenvalue weighted by atomic mass is 16.2. The highest BCUT2D eigenvalue weighted by Gasteiger charge is 2.31. The summed E-state index contributed by atoms with van der Waals surface area (Å²) >= 11 is 0. The summed E-state index contributed by atoms with van der Waals surface area (Å²) in [7, 11) is 0. The van der Waals surface area contributed by atoms with Crippen molar-refractivity contribution >= 4 is 11.8 Å². The Bertz CT molecular complexity index is 569. The Labute approximate surface area is 137 Å². The molecule has 0 spiro atoms. The Morgan fingerprint density at radius 2 is 1.70 bits per heavy atom. The predicted octanol–water partition coefficient (Wildman–Crippen LogP) is 1.09. The molecule has 2 aliphatic rings. The molecule has 3 rings (SSSR count). The molecular formula is C17H26N4O2. The number of aromatic nitrogens is 1. The van der Waals surface area contributed by atoms with Gasteiger partial charge in [0.15, 0.2) is 0 Å². The molecule has 1 atom stereocenters. The maximum Gasteiger partial charge on any atom is 0.255 e. The van der Waals surface area contributed by atoms with Gasteiger partial charge in [-0.3, -0.25) is 14.5 Å². The van der Waals surface area contributed by atoms with Crippen LogP contribution in [0, 0.1) is 6.92 Å². The van der Waals surface area contributed by atoms with Crippen LogP contribution in [0.3, 0.4) is 0 Å². The maximum absolute atomic E-state index is 12.5. The molecule has 2 amide bonds. The van der Waals surface area contributed by atoms with Crippen LogP contribution in [0.5, 0.6) is 0 Å². The minimum atomic E-state index is -0.0839. The Hall–Kier alpha value is -1.82. The molecular weight excluding hydrogens is 292 g/mol. The summed E-state index contributed by atoms with van der Waals surface area (Å²) in [5.74, 6) is 0.325. The van der Waals surface area contributed by atoms with E-state index in [2.05, 4.69) is 9.88 Å². The maximum atomic E-state index is 12.5. The van der Waals surface area contributed by atoms with E-state index < -0.39 is 0 Å². The van der Waals surface area contributed by atoms with E-state index in [-0.39, 0.29) is 17.9 Å². The fourth-order valence-electron chi connectivity index (χ4n) is 3.53. The van der Waals surface area contributed by atoms with Crippen LogP contribution in [-0.2, 0) is 4.79 Å². The molecule has 6 heteroatoms. The summed E-state index contributed by atoms with van der Waals surface area (Å²) in [5.41, 5.74) is 1.66. The third-order valence-electron chi connectivity index (χ3n) is 5.11. The van der Waals surface area contributed by atoms with Gasteiger partial charge in [0, 0.05) is 51.2 Å². The fourth-order valence-corrected chi connectivity index (χ4v) is 3.53. The number of H-pyrrole nitrogens is 1. The summed E-state index contributed by atoms with van der Waals surface area (Å²) < 4.78 is 0. The van der Waals surface area contributed by atoms with Gasteiger partial charge in [-0.25, -0.2) is 0 Å². The second-order valence-electron chi connectivity index (χ2n) is 6.55. The fraction of sp³-hybridized carbons (Fsp3) is 0.647. The number of rotatable bonds is 3. The summed E-state index contributed by atoms with van der Waals surface area (Å²) in [6.07, 6.45) is 4.04. The number of carbonyl (C=O) groups excluding carboxylic acids is 2. The van der Waals surface area contributed by atoms with Crippen molar-refractivity contribution in [1.82, 2.24) is 19.7 Å². The van der Waals surface area contributed by atoms with Crippen LogP contribution in [0.15, 0.2) is 12.3 Å². The van der Waals surface area contributed by atoms with Crippen molar-refractivity contribution in [1.29, 1.82) is 0 Å². The summed E-state index contributed by atoms with van der Waals surface area (Å²) in [5, 5.41) is 0. The number of likely N-dealkylation sites (tertiary alicyclic amines) is 1. The molecule has 1 aromatic rings. The Balaban J connectivity index is 1.54. The molecule has 0 bridgehead atoms. The van der Waals surface area contributed by atoms with E-state index in [4.69, 9.17) is 0 Å². The van der Waals surface area contributed by atoms with Gasteiger partial charge in [-0.2, -0.15) is 0 Å². The van der Waals surface area contributed by atoms with Crippen LogP contribution in [0.1, 0.15) is 35.8 Å². The van der Waals surface area contributed by atoms with Gasteiger partial charge in [0.25, 0.3) is 5.91 Å². The standard InChI is InChI=1S/C17H26N4O2/c1-13-15(5-6-18-13)17(23)21-11-9-19(10-12-21)14(2)16(22)20-7-3-4-8-20/h5-6,14,18H,3-4,7-12H2,1-2H3. The second-order valence-corrected chi connectivity index (χ2v) is 6.55. The van der Waals surface area contributed by atoms with E-state index >= 15 is 0 Å². The van der Waals surface area contributed by atoms with E-state index in [1.54, 1.807) is 6.20 Å². The van der Waals surface area contributed by atoms with Crippen LogP contribution in [0.4, 0.5) is 0 Å². The third kappa shape index (κ3) is 3.27. The molecule has 23 heavy (non-hydrogen) atoms. The molecule has 0 saturated carbocycles. The van der Waals surface area contributed by atoms with Crippen molar-refractivity contribution in [2.75, 3.05) is 39.3 Å². The van der Waals surface area contributed by atoms with Gasteiger partial charge in [0.05, 0.1) is 11.6 Å². The van der Waals surface area contributed by atoms with Crippen LogP contribution in [-0.4, -0.2) is 76.8 Å². The molecule has 0 radical (unpaired) electrons. The van der Waals surface area contributed by atoms with Crippen LogP contribution in [0.2, 0.25) is 0 Å². The quantitative estimate of drug-likeness (QED) is 0.908. The minimum absolute atomic E-state index is 0.0839. The average Bonchev–Trinajstić information content (AvgIpc) is 3.24. The molecule has 0 aliphatic carbocycles. The molecule has 2 aliphatic heterocycles. The Kier molecular flexibility index (Phi) is 4.71. The number of carbonyl (C=O) groups is 2. The number of aromatic amines is 1. The lowest BCUT2D eigenvalue weighted by molar-refractivity contribution is -0.135. The first-order valence-corrected chi connectivity index (χ1v) is 8.54. The van der Waals surface area contributed by atoms with Crippen molar-refractivity contribution in [3.05, 3.63) is 23.5 Å². The van der Waals surface area contributed by atoms with Crippen molar-refractivity contribution in [2.24, 2.45) is 0 Å². The van der Waals surface area contributed by atoms with Gasteiger partial charge in [-0.15, -0.1) is 0 Å². The van der Waals surface area contributed by atoms with Crippen LogP contribution < -0.4 is 0 Å². The number of piperazine rings is 1. The van der Waals surface area contributed by atoms with Gasteiger partial charge in [0.2, 0.25) is 5.91 Å². The Morgan fingerprint density at radius 3 is 2.26 bits per heavy atom. The smallest absolute Gasteiger partial charge is 0.255 e. The van der Waals surface area contributed by atoms with Gasteiger partial charge in [-0.05, 0) is 32.8 Å². The molecule has 6 nitrogen and oxygen atoms in total. The number of amides is 2.